The molecule has 0 spiro atoms. The molecule has 0 saturated carbocycles. The topological polar surface area (TPSA) is 96.6 Å². The Morgan fingerprint density at radius 1 is 0.403 bits per heavy atom. The monoisotopic (exact) mass is 1110 g/mol. The molecule has 6 nitrogen and oxygen atoms in total. The van der Waals surface area contributed by atoms with Gasteiger partial charge in [0.2, 0.25) is 0 Å². The third-order valence-electron chi connectivity index (χ3n) is 11.1. The van der Waals surface area contributed by atoms with Crippen molar-refractivity contribution in [3.05, 3.63) is 252 Å². The summed E-state index contributed by atoms with van der Waals surface area (Å²) in [6, 6.07) is 71.9. The van der Waals surface area contributed by atoms with Gasteiger partial charge in [-0.05, 0) is 59.7 Å². The molecule has 0 amide bonds. The average Bonchev–Trinajstić information content (AvgIpc) is 3.41. The number of pyridine rings is 2. The number of halogens is 6. The molecule has 2 heterocycles. The number of aliphatic imine (C=N–C) groups is 2. The standard InChI is InChI=1S/C24H20B.2C16H11ClN2O.2CH2Cl2.Fe/c1-5-13-21(14-6-1)25(22-15-7-2-8-16-22,23-17-9-3-10-18-23)24-19-11-4-12-20-24;2*17-13-6-7-15(20)12(9-13)10-19-14-5-1-3-11-4-2-8-18-16(11)14;2*2-1-3;/h1-20H;2*1-10,20H;2*1H2;/q-1;;;;;+3/p-2. The maximum Gasteiger partial charge on any atom is 3.00 e. The summed E-state index contributed by atoms with van der Waals surface area (Å²) in [5, 5.41) is 26.8. The third-order valence-corrected chi connectivity index (χ3v) is 11.5. The summed E-state index contributed by atoms with van der Waals surface area (Å²) in [7, 11) is 0. The second kappa shape index (κ2) is 30.0. The van der Waals surface area contributed by atoms with E-state index in [0.717, 1.165) is 33.2 Å². The van der Waals surface area contributed by atoms with Crippen LogP contribution < -0.4 is 32.1 Å². The minimum absolute atomic E-state index is 0. The minimum atomic E-state index is -1.22. The molecule has 0 aliphatic heterocycles. The predicted molar refractivity (Wildman–Crippen MR) is 303 cm³/mol. The molecular weight excluding hydrogens is 1060 g/mol. The maximum absolute atomic E-state index is 11.7. The first-order valence-corrected chi connectivity index (χ1v) is 24.9. The number of hydrogen-bond donors (Lipinski definition) is 0. The number of rotatable bonds is 8. The molecule has 2 aromatic heterocycles. The summed E-state index contributed by atoms with van der Waals surface area (Å²) in [5.74, 6) is -0.210. The first-order chi connectivity index (χ1) is 34.7. The average molecular weight is 1110 g/mol. The third kappa shape index (κ3) is 15.4. The van der Waals surface area contributed by atoms with Crippen LogP contribution >= 0.6 is 69.6 Å². The molecule has 0 bridgehead atoms. The predicted octanol–water partition coefficient (Wildman–Crippen LogP) is 13.3. The van der Waals surface area contributed by atoms with Gasteiger partial charge in [0, 0.05) is 45.6 Å². The van der Waals surface area contributed by atoms with E-state index in [9.17, 15) is 10.2 Å². The Labute approximate surface area is 461 Å². The first-order valence-electron chi connectivity index (χ1n) is 22.0. The van der Waals surface area contributed by atoms with Crippen molar-refractivity contribution in [1.29, 1.82) is 0 Å². The van der Waals surface area contributed by atoms with Crippen molar-refractivity contribution in [2.75, 3.05) is 10.7 Å². The molecule has 0 unspecified atom stereocenters. The van der Waals surface area contributed by atoms with Gasteiger partial charge in [-0.15, -0.1) is 46.4 Å². The Kier molecular flexibility index (Phi) is 23.7. The smallest absolute Gasteiger partial charge is 0.872 e. The van der Waals surface area contributed by atoms with Crippen LogP contribution in [-0.4, -0.2) is 39.2 Å². The van der Waals surface area contributed by atoms with Gasteiger partial charge in [-0.2, -0.15) is 21.9 Å². The molecule has 72 heavy (non-hydrogen) atoms. The van der Waals surface area contributed by atoms with Crippen molar-refractivity contribution < 1.29 is 27.3 Å². The molecule has 0 fully saturated rings. The minimum Gasteiger partial charge on any atom is -0.872 e. The summed E-state index contributed by atoms with van der Waals surface area (Å²) in [5.41, 5.74) is 9.34. The van der Waals surface area contributed by atoms with Crippen LogP contribution in [0, 0.1) is 0 Å². The van der Waals surface area contributed by atoms with Crippen LogP contribution in [0.15, 0.2) is 241 Å². The Balaban J connectivity index is 0.000000190. The van der Waals surface area contributed by atoms with Crippen molar-refractivity contribution in [2.24, 2.45) is 9.98 Å². The van der Waals surface area contributed by atoms with Gasteiger partial charge in [-0.25, -0.2) is 0 Å². The van der Waals surface area contributed by atoms with Crippen molar-refractivity contribution in [3.63, 3.8) is 0 Å². The van der Waals surface area contributed by atoms with E-state index < -0.39 is 6.15 Å². The van der Waals surface area contributed by atoms with Gasteiger partial charge in [0.15, 0.2) is 0 Å². The summed E-state index contributed by atoms with van der Waals surface area (Å²) >= 11 is 30.8. The van der Waals surface area contributed by atoms with Crippen molar-refractivity contribution in [3.8, 4) is 11.5 Å². The van der Waals surface area contributed by atoms with E-state index in [-0.39, 0.29) is 39.2 Å². The van der Waals surface area contributed by atoms with Gasteiger partial charge in [0.1, 0.15) is 6.15 Å². The number of hydrogen-bond acceptors (Lipinski definition) is 6. The Bertz CT molecular complexity index is 2960. The number of para-hydroxylation sites is 2. The summed E-state index contributed by atoms with van der Waals surface area (Å²) in [6.07, 6.45) is 5.28. The Hall–Kier alpha value is -6.16. The second-order valence-electron chi connectivity index (χ2n) is 15.3. The van der Waals surface area contributed by atoms with Gasteiger partial charge in [-0.1, -0.05) is 205 Å². The molecule has 10 rings (SSSR count). The molecule has 8 aromatic carbocycles. The van der Waals surface area contributed by atoms with Crippen molar-refractivity contribution in [2.45, 2.75) is 0 Å². The molecular formula is C58H44BCl6FeN4O2. The SMILES string of the molecule is ClCCl.ClCCl.[Fe+3].[O-]c1ccc(Cl)cc1C=Nc1cccc2cccnc12.[O-]c1ccc(Cl)cc1C=Nc1cccc2cccnc12.c1ccc([B-](c2ccccc2)(c2ccccc2)c2ccccc2)cc1. The van der Waals surface area contributed by atoms with Crippen molar-refractivity contribution >= 4 is 143 Å². The number of aromatic nitrogens is 2. The fraction of sp³-hybridized carbons (Fsp3) is 0.0345. The molecule has 0 saturated heterocycles. The van der Waals surface area contributed by atoms with E-state index >= 15 is 0 Å². The van der Waals surface area contributed by atoms with Crippen LogP contribution in [0.2, 0.25) is 10.0 Å². The first kappa shape index (κ1) is 56.8. The number of fused-ring (bicyclic) bond motifs is 2. The van der Waals surface area contributed by atoms with Gasteiger partial charge in [0.25, 0.3) is 0 Å². The summed E-state index contributed by atoms with van der Waals surface area (Å²) < 4.78 is 0. The Morgan fingerprint density at radius 3 is 1.03 bits per heavy atom. The molecule has 0 atom stereocenters. The zero-order valence-electron chi connectivity index (χ0n) is 38.3. The second-order valence-corrected chi connectivity index (χ2v) is 17.8. The zero-order valence-corrected chi connectivity index (χ0v) is 44.0. The zero-order chi connectivity index (χ0) is 50.3. The van der Waals surface area contributed by atoms with Crippen LogP contribution in [0.5, 0.6) is 11.5 Å². The molecule has 0 N–H and O–H groups in total. The molecule has 1 radical (unpaired) electrons. The van der Waals surface area contributed by atoms with E-state index in [1.165, 1.54) is 46.4 Å². The largest absolute Gasteiger partial charge is 3.00 e. The van der Waals surface area contributed by atoms with E-state index in [1.807, 2.05) is 60.7 Å². The van der Waals surface area contributed by atoms with Crippen LogP contribution in [0.1, 0.15) is 11.1 Å². The number of benzene rings is 8. The Morgan fingerprint density at radius 2 is 0.708 bits per heavy atom. The van der Waals surface area contributed by atoms with Gasteiger partial charge < -0.3 is 10.2 Å². The van der Waals surface area contributed by atoms with E-state index in [1.54, 1.807) is 36.7 Å². The van der Waals surface area contributed by atoms with E-state index in [2.05, 4.69) is 141 Å². The molecule has 10 aromatic rings. The van der Waals surface area contributed by atoms with Gasteiger partial charge in [0.05, 0.1) is 33.1 Å². The van der Waals surface area contributed by atoms with Crippen molar-refractivity contribution in [1.82, 2.24) is 9.97 Å². The van der Waals surface area contributed by atoms with Crippen LogP contribution in [0.3, 0.4) is 0 Å². The molecule has 0 aliphatic carbocycles. The summed E-state index contributed by atoms with van der Waals surface area (Å²) in [4.78, 5) is 17.4. The fourth-order valence-corrected chi connectivity index (χ4v) is 8.39. The number of nitrogens with zero attached hydrogens (tertiary/aromatic N) is 4. The van der Waals surface area contributed by atoms with E-state index in [0.29, 0.717) is 21.2 Å². The molecule has 0 aliphatic rings. The van der Waals surface area contributed by atoms with Crippen LogP contribution in [-0.2, 0) is 17.1 Å². The van der Waals surface area contributed by atoms with E-state index in [4.69, 9.17) is 69.6 Å². The van der Waals surface area contributed by atoms with Gasteiger partial charge >= 0.3 is 17.1 Å². The number of alkyl halides is 4. The maximum atomic E-state index is 11.7. The molecule has 361 valence electrons. The molecule has 14 heteroatoms. The van der Waals surface area contributed by atoms with Crippen LogP contribution in [0.4, 0.5) is 11.4 Å². The summed E-state index contributed by atoms with van der Waals surface area (Å²) in [6.45, 7) is 0. The van der Waals surface area contributed by atoms with Gasteiger partial charge in [-0.3, -0.25) is 20.0 Å². The fourth-order valence-electron chi connectivity index (χ4n) is 8.02. The van der Waals surface area contributed by atoms with Crippen LogP contribution in [0.25, 0.3) is 21.8 Å². The quantitative estimate of drug-likeness (QED) is 0.0860. The normalized spacial score (nSPS) is 10.6.